The van der Waals surface area contributed by atoms with Crippen molar-refractivity contribution in [1.29, 1.82) is 0 Å². The minimum absolute atomic E-state index is 0.123. The summed E-state index contributed by atoms with van der Waals surface area (Å²) in [7, 11) is 0. The highest BCUT2D eigenvalue weighted by Gasteiger charge is 2.25. The molecule has 2 N–H and O–H groups in total. The van der Waals surface area contributed by atoms with Crippen molar-refractivity contribution in [2.75, 3.05) is 18.8 Å². The minimum Gasteiger partial charge on any atom is -0.384 e. The van der Waals surface area contributed by atoms with E-state index in [-0.39, 0.29) is 11.6 Å². The number of nitrogen functional groups attached to an aromatic ring is 1. The predicted octanol–water partition coefficient (Wildman–Crippen LogP) is 2.58. The van der Waals surface area contributed by atoms with Crippen molar-refractivity contribution in [3.63, 3.8) is 0 Å². The molecule has 4 nitrogen and oxygen atoms in total. The summed E-state index contributed by atoms with van der Waals surface area (Å²) in [6, 6.07) is 3.22. The maximum atomic E-state index is 12.3. The summed E-state index contributed by atoms with van der Waals surface area (Å²) in [4.78, 5) is 18.2. The Hall–Kier alpha value is -1.29. The number of pyridine rings is 1. The molecule has 0 aliphatic heterocycles. The molecule has 1 fully saturated rings. The van der Waals surface area contributed by atoms with Crippen molar-refractivity contribution in [1.82, 2.24) is 9.88 Å². The largest absolute Gasteiger partial charge is 0.384 e. The first-order valence-electron chi connectivity index (χ1n) is 6.33. The van der Waals surface area contributed by atoms with E-state index in [1.807, 2.05) is 6.92 Å². The molecule has 0 atom stereocenters. The Morgan fingerprint density at radius 2 is 2.28 bits per heavy atom. The normalized spacial score (nSPS) is 15.2. The Balaban J connectivity index is 2.14. The highest BCUT2D eigenvalue weighted by atomic mass is 35.5. The first-order chi connectivity index (χ1) is 8.61. The molecular formula is C13H18ClN3O. The van der Waals surface area contributed by atoms with Gasteiger partial charge in [-0.15, -0.1) is 0 Å². The zero-order valence-corrected chi connectivity index (χ0v) is 11.3. The van der Waals surface area contributed by atoms with Gasteiger partial charge in [-0.25, -0.2) is 4.98 Å². The van der Waals surface area contributed by atoms with Gasteiger partial charge in [0.15, 0.2) is 0 Å². The SMILES string of the molecule is CCN(CC1CCC1)C(=O)c1nc(N)ccc1Cl. The number of nitrogens with two attached hydrogens (primary N) is 1. The van der Waals surface area contributed by atoms with Gasteiger partial charge in [0.2, 0.25) is 0 Å². The molecule has 0 bridgehead atoms. The molecule has 0 radical (unpaired) electrons. The number of halogens is 1. The van der Waals surface area contributed by atoms with Crippen LogP contribution in [0.2, 0.25) is 5.02 Å². The van der Waals surface area contributed by atoms with Crippen LogP contribution in [0.5, 0.6) is 0 Å². The lowest BCUT2D eigenvalue weighted by molar-refractivity contribution is 0.0701. The summed E-state index contributed by atoms with van der Waals surface area (Å²) in [5, 5.41) is 0.362. The number of rotatable bonds is 4. The lowest BCUT2D eigenvalue weighted by Crippen LogP contribution is -2.37. The second-order valence-electron chi connectivity index (χ2n) is 4.71. The van der Waals surface area contributed by atoms with E-state index in [2.05, 4.69) is 4.98 Å². The summed E-state index contributed by atoms with van der Waals surface area (Å²) in [5.74, 6) is 0.831. The lowest BCUT2D eigenvalue weighted by Gasteiger charge is -2.31. The smallest absolute Gasteiger partial charge is 0.274 e. The molecule has 0 saturated heterocycles. The van der Waals surface area contributed by atoms with Crippen LogP contribution in [0, 0.1) is 5.92 Å². The minimum atomic E-state index is -0.123. The van der Waals surface area contributed by atoms with Crippen molar-refractivity contribution in [3.05, 3.63) is 22.8 Å². The van der Waals surface area contributed by atoms with E-state index in [1.165, 1.54) is 19.3 Å². The van der Waals surface area contributed by atoms with Crippen LogP contribution < -0.4 is 5.73 Å². The maximum absolute atomic E-state index is 12.3. The van der Waals surface area contributed by atoms with Crippen LogP contribution in [0.1, 0.15) is 36.7 Å². The van der Waals surface area contributed by atoms with Gasteiger partial charge in [-0.3, -0.25) is 4.79 Å². The number of hydrogen-bond donors (Lipinski definition) is 1. The molecule has 1 aliphatic rings. The fraction of sp³-hybridized carbons (Fsp3) is 0.538. The Morgan fingerprint density at radius 1 is 1.56 bits per heavy atom. The zero-order valence-electron chi connectivity index (χ0n) is 10.5. The quantitative estimate of drug-likeness (QED) is 0.912. The Bertz CT molecular complexity index is 446. The standard InChI is InChI=1S/C13H18ClN3O/c1-2-17(8-9-4-3-5-9)13(18)12-10(14)6-7-11(15)16-12/h6-7,9H,2-5,8H2,1H3,(H2,15,16). The Morgan fingerprint density at radius 3 is 2.83 bits per heavy atom. The molecule has 18 heavy (non-hydrogen) atoms. The van der Waals surface area contributed by atoms with Gasteiger partial charge >= 0.3 is 0 Å². The van der Waals surface area contributed by atoms with Crippen LogP contribution in [-0.2, 0) is 0 Å². The van der Waals surface area contributed by atoms with Crippen molar-refractivity contribution < 1.29 is 4.79 Å². The fourth-order valence-corrected chi connectivity index (χ4v) is 2.29. The first-order valence-corrected chi connectivity index (χ1v) is 6.71. The number of hydrogen-bond acceptors (Lipinski definition) is 3. The first kappa shape index (κ1) is 13.1. The van der Waals surface area contributed by atoms with Gasteiger partial charge in [0.1, 0.15) is 11.5 Å². The third-order valence-corrected chi connectivity index (χ3v) is 3.75. The monoisotopic (exact) mass is 267 g/mol. The van der Waals surface area contributed by atoms with Gasteiger partial charge in [0.05, 0.1) is 5.02 Å². The van der Waals surface area contributed by atoms with Gasteiger partial charge in [-0.2, -0.15) is 0 Å². The summed E-state index contributed by atoms with van der Waals surface area (Å²) in [5.41, 5.74) is 5.87. The molecule has 98 valence electrons. The van der Waals surface area contributed by atoms with Crippen molar-refractivity contribution in [2.45, 2.75) is 26.2 Å². The summed E-state index contributed by atoms with van der Waals surface area (Å²) in [6.45, 7) is 3.43. The van der Waals surface area contributed by atoms with Gasteiger partial charge in [-0.1, -0.05) is 18.0 Å². The predicted molar refractivity (Wildman–Crippen MR) is 72.6 cm³/mol. The molecule has 1 amide bonds. The molecule has 2 rings (SSSR count). The topological polar surface area (TPSA) is 59.2 Å². The molecule has 1 aromatic heterocycles. The number of aromatic nitrogens is 1. The molecule has 1 aromatic rings. The van der Waals surface area contributed by atoms with E-state index < -0.39 is 0 Å². The average Bonchev–Trinajstić information content (AvgIpc) is 2.30. The molecule has 1 saturated carbocycles. The highest BCUT2D eigenvalue weighted by molar-refractivity contribution is 6.33. The molecule has 1 aliphatic carbocycles. The second kappa shape index (κ2) is 5.57. The highest BCUT2D eigenvalue weighted by Crippen LogP contribution is 2.28. The summed E-state index contributed by atoms with van der Waals surface area (Å²) < 4.78 is 0. The zero-order chi connectivity index (χ0) is 13.1. The van der Waals surface area contributed by atoms with E-state index >= 15 is 0 Å². The van der Waals surface area contributed by atoms with Crippen LogP contribution >= 0.6 is 11.6 Å². The number of nitrogens with zero attached hydrogens (tertiary/aromatic N) is 2. The third-order valence-electron chi connectivity index (χ3n) is 3.44. The molecule has 0 unspecified atom stereocenters. The van der Waals surface area contributed by atoms with E-state index in [0.29, 0.717) is 23.3 Å². The van der Waals surface area contributed by atoms with Crippen molar-refractivity contribution >= 4 is 23.3 Å². The Kier molecular flexibility index (Phi) is 4.07. The number of amides is 1. The molecule has 0 aromatic carbocycles. The number of carbonyl (C=O) groups is 1. The van der Waals surface area contributed by atoms with Gasteiger partial charge in [-0.05, 0) is 37.8 Å². The second-order valence-corrected chi connectivity index (χ2v) is 5.11. The van der Waals surface area contributed by atoms with Crippen LogP contribution in [0.3, 0.4) is 0 Å². The van der Waals surface area contributed by atoms with Crippen molar-refractivity contribution in [3.8, 4) is 0 Å². The van der Waals surface area contributed by atoms with E-state index in [4.69, 9.17) is 17.3 Å². The van der Waals surface area contributed by atoms with Gasteiger partial charge in [0.25, 0.3) is 5.91 Å². The van der Waals surface area contributed by atoms with Crippen LogP contribution in [0.25, 0.3) is 0 Å². The van der Waals surface area contributed by atoms with E-state index in [1.54, 1.807) is 17.0 Å². The number of carbonyl (C=O) groups excluding carboxylic acids is 1. The molecular weight excluding hydrogens is 250 g/mol. The summed E-state index contributed by atoms with van der Waals surface area (Å²) in [6.07, 6.45) is 3.69. The lowest BCUT2D eigenvalue weighted by atomic mass is 9.85. The molecule has 5 heteroatoms. The van der Waals surface area contributed by atoms with Crippen LogP contribution in [-0.4, -0.2) is 28.9 Å². The molecule has 1 heterocycles. The van der Waals surface area contributed by atoms with Gasteiger partial charge < -0.3 is 10.6 Å². The third kappa shape index (κ3) is 2.75. The molecule has 0 spiro atoms. The van der Waals surface area contributed by atoms with Crippen LogP contribution in [0.4, 0.5) is 5.82 Å². The van der Waals surface area contributed by atoms with Crippen molar-refractivity contribution in [2.24, 2.45) is 5.92 Å². The maximum Gasteiger partial charge on any atom is 0.274 e. The van der Waals surface area contributed by atoms with Crippen LogP contribution in [0.15, 0.2) is 12.1 Å². The fourth-order valence-electron chi connectivity index (χ4n) is 2.10. The average molecular weight is 268 g/mol. The van der Waals surface area contributed by atoms with E-state index in [0.717, 1.165) is 6.54 Å². The summed E-state index contributed by atoms with van der Waals surface area (Å²) >= 11 is 6.01. The number of anilines is 1. The van der Waals surface area contributed by atoms with E-state index in [9.17, 15) is 4.79 Å². The Labute approximate surface area is 112 Å². The van der Waals surface area contributed by atoms with Gasteiger partial charge in [0, 0.05) is 13.1 Å².